The Balaban J connectivity index is 1.61. The monoisotopic (exact) mass is 432 g/mol. The molecule has 4 rings (SSSR count). The van der Waals surface area contributed by atoms with E-state index in [1.54, 1.807) is 11.8 Å². The van der Waals surface area contributed by atoms with Crippen molar-refractivity contribution in [1.82, 2.24) is 9.97 Å². The van der Waals surface area contributed by atoms with Gasteiger partial charge >= 0.3 is 0 Å². The van der Waals surface area contributed by atoms with Gasteiger partial charge in [0.1, 0.15) is 0 Å². The van der Waals surface area contributed by atoms with E-state index >= 15 is 0 Å². The molecule has 1 aliphatic heterocycles. The van der Waals surface area contributed by atoms with Crippen LogP contribution in [-0.2, 0) is 4.74 Å². The Hall–Kier alpha value is -1.46. The van der Waals surface area contributed by atoms with Crippen LogP contribution >= 0.6 is 35.0 Å². The first-order valence-electron chi connectivity index (χ1n) is 9.56. The van der Waals surface area contributed by atoms with Crippen LogP contribution < -0.4 is 0 Å². The van der Waals surface area contributed by atoms with Gasteiger partial charge in [0.15, 0.2) is 5.16 Å². The molecule has 1 saturated heterocycles. The topological polar surface area (TPSA) is 37.9 Å². The quantitative estimate of drug-likeness (QED) is 0.421. The van der Waals surface area contributed by atoms with Gasteiger partial charge in [-0.05, 0) is 37.8 Å². The van der Waals surface area contributed by atoms with Gasteiger partial charge in [0.05, 0.1) is 22.5 Å². The maximum Gasteiger partial charge on any atom is 0.166 e. The van der Waals surface area contributed by atoms with E-state index in [1.165, 1.54) is 12.8 Å². The summed E-state index contributed by atoms with van der Waals surface area (Å²) in [6.45, 7) is 0.892. The molecule has 0 saturated carbocycles. The van der Waals surface area contributed by atoms with E-state index in [4.69, 9.17) is 32.9 Å². The van der Waals surface area contributed by atoms with Crippen LogP contribution in [0.15, 0.2) is 53.7 Å². The molecule has 2 heterocycles. The minimum atomic E-state index is 0.377. The molecule has 0 bridgehead atoms. The lowest BCUT2D eigenvalue weighted by Gasteiger charge is -2.21. The summed E-state index contributed by atoms with van der Waals surface area (Å²) in [4.78, 5) is 8.34. The lowest BCUT2D eigenvalue weighted by Crippen LogP contribution is -2.19. The summed E-state index contributed by atoms with van der Waals surface area (Å²) >= 11 is 14.6. The number of nitrogens with one attached hydrogen (secondary N) is 1. The Labute approximate surface area is 179 Å². The van der Waals surface area contributed by atoms with Gasteiger partial charge in [0.25, 0.3) is 0 Å². The van der Waals surface area contributed by atoms with Crippen LogP contribution in [0.3, 0.4) is 0 Å². The van der Waals surface area contributed by atoms with E-state index < -0.39 is 0 Å². The summed E-state index contributed by atoms with van der Waals surface area (Å²) in [6, 6.07) is 15.6. The van der Waals surface area contributed by atoms with Crippen molar-refractivity contribution in [3.8, 4) is 22.5 Å². The molecule has 0 spiro atoms. The molecule has 1 aliphatic rings. The fraction of sp³-hybridized carbons (Fsp3) is 0.318. The lowest BCUT2D eigenvalue weighted by molar-refractivity contribution is 0.0150. The average Bonchev–Trinajstić information content (AvgIpc) is 3.13. The van der Waals surface area contributed by atoms with Gasteiger partial charge in [0.2, 0.25) is 0 Å². The van der Waals surface area contributed by atoms with Gasteiger partial charge in [-0.2, -0.15) is 0 Å². The van der Waals surface area contributed by atoms with Crippen LogP contribution in [0.2, 0.25) is 10.0 Å². The summed E-state index contributed by atoms with van der Waals surface area (Å²) < 4.78 is 5.84. The molecule has 2 aromatic carbocycles. The number of hydrogen-bond acceptors (Lipinski definition) is 3. The number of ether oxygens (including phenoxy) is 1. The maximum atomic E-state index is 6.47. The van der Waals surface area contributed by atoms with Crippen LogP contribution in [-0.4, -0.2) is 28.4 Å². The number of H-pyrrole nitrogens is 1. The third-order valence-electron chi connectivity index (χ3n) is 4.91. The second kappa shape index (κ2) is 9.36. The highest BCUT2D eigenvalue weighted by molar-refractivity contribution is 7.99. The van der Waals surface area contributed by atoms with Gasteiger partial charge in [-0.15, -0.1) is 0 Å². The van der Waals surface area contributed by atoms with E-state index in [0.29, 0.717) is 16.1 Å². The van der Waals surface area contributed by atoms with Crippen LogP contribution in [0.25, 0.3) is 22.5 Å². The Bertz CT molecular complexity index is 875. The zero-order chi connectivity index (χ0) is 19.3. The Kier molecular flexibility index (Phi) is 6.63. The first-order chi connectivity index (χ1) is 13.7. The van der Waals surface area contributed by atoms with Crippen molar-refractivity contribution in [2.75, 3.05) is 12.4 Å². The molecule has 1 N–H and O–H groups in total. The number of benzene rings is 2. The first kappa shape index (κ1) is 19.8. The fourth-order valence-corrected chi connectivity index (χ4v) is 4.81. The zero-order valence-corrected chi connectivity index (χ0v) is 17.8. The fourth-order valence-electron chi connectivity index (χ4n) is 3.45. The molecule has 28 heavy (non-hydrogen) atoms. The largest absolute Gasteiger partial charge is 0.378 e. The van der Waals surface area contributed by atoms with Crippen molar-refractivity contribution in [2.45, 2.75) is 36.9 Å². The van der Waals surface area contributed by atoms with E-state index in [9.17, 15) is 0 Å². The number of halogens is 2. The Morgan fingerprint density at radius 3 is 2.39 bits per heavy atom. The Morgan fingerprint density at radius 2 is 1.71 bits per heavy atom. The molecule has 1 atom stereocenters. The molecule has 6 heteroatoms. The Morgan fingerprint density at radius 1 is 1.00 bits per heavy atom. The molecule has 0 radical (unpaired) electrons. The average molecular weight is 433 g/mol. The predicted octanol–water partition coefficient (Wildman–Crippen LogP) is 7.10. The zero-order valence-electron chi connectivity index (χ0n) is 15.5. The van der Waals surface area contributed by atoms with Crippen molar-refractivity contribution >= 4 is 35.0 Å². The normalized spacial score (nSPS) is 17.0. The van der Waals surface area contributed by atoms with Crippen molar-refractivity contribution in [3.63, 3.8) is 0 Å². The second-order valence-corrected chi connectivity index (χ2v) is 8.75. The molecule has 0 aliphatic carbocycles. The SMILES string of the molecule is Clc1ccccc1-c1nc(SCCC2CCCCO2)[nH]c1-c1ccccc1Cl. The summed E-state index contributed by atoms with van der Waals surface area (Å²) in [5.41, 5.74) is 3.55. The van der Waals surface area contributed by atoms with Crippen LogP contribution in [0.5, 0.6) is 0 Å². The number of imidazole rings is 1. The first-order valence-corrected chi connectivity index (χ1v) is 11.3. The molecule has 3 nitrogen and oxygen atoms in total. The summed E-state index contributed by atoms with van der Waals surface area (Å²) in [5.74, 6) is 0.960. The molecule has 1 fully saturated rings. The number of thioether (sulfide) groups is 1. The number of hydrogen-bond donors (Lipinski definition) is 1. The highest BCUT2D eigenvalue weighted by Crippen LogP contribution is 2.38. The third-order valence-corrected chi connectivity index (χ3v) is 6.47. The highest BCUT2D eigenvalue weighted by atomic mass is 35.5. The minimum absolute atomic E-state index is 0.377. The van der Waals surface area contributed by atoms with Gasteiger partial charge in [-0.3, -0.25) is 0 Å². The summed E-state index contributed by atoms with van der Waals surface area (Å²) in [6.07, 6.45) is 5.03. The second-order valence-electron chi connectivity index (χ2n) is 6.85. The van der Waals surface area contributed by atoms with Crippen LogP contribution in [0.4, 0.5) is 0 Å². The van der Waals surface area contributed by atoms with Crippen LogP contribution in [0, 0.1) is 0 Å². The van der Waals surface area contributed by atoms with Crippen LogP contribution in [0.1, 0.15) is 25.7 Å². The predicted molar refractivity (Wildman–Crippen MR) is 118 cm³/mol. The van der Waals surface area contributed by atoms with Gasteiger partial charge < -0.3 is 9.72 Å². The van der Waals surface area contributed by atoms with E-state index in [2.05, 4.69) is 4.98 Å². The smallest absolute Gasteiger partial charge is 0.166 e. The molecule has 3 aromatic rings. The molecular formula is C22H22Cl2N2OS. The number of nitrogens with zero attached hydrogens (tertiary/aromatic N) is 1. The molecule has 1 unspecified atom stereocenters. The summed E-state index contributed by atoms with van der Waals surface area (Å²) in [5, 5.41) is 2.24. The van der Waals surface area contributed by atoms with Crippen molar-refractivity contribution in [3.05, 3.63) is 58.6 Å². The van der Waals surface area contributed by atoms with Gasteiger partial charge in [0, 0.05) is 28.5 Å². The molecule has 0 amide bonds. The highest BCUT2D eigenvalue weighted by Gasteiger charge is 2.19. The molecular weight excluding hydrogens is 411 g/mol. The maximum absolute atomic E-state index is 6.47. The minimum Gasteiger partial charge on any atom is -0.378 e. The van der Waals surface area contributed by atoms with E-state index in [0.717, 1.165) is 52.9 Å². The van der Waals surface area contributed by atoms with E-state index in [-0.39, 0.29) is 0 Å². The summed E-state index contributed by atoms with van der Waals surface area (Å²) in [7, 11) is 0. The van der Waals surface area contributed by atoms with Gasteiger partial charge in [-0.1, -0.05) is 71.4 Å². The number of aromatic amines is 1. The third kappa shape index (κ3) is 4.57. The van der Waals surface area contributed by atoms with Gasteiger partial charge in [-0.25, -0.2) is 4.98 Å². The van der Waals surface area contributed by atoms with E-state index in [1.807, 2.05) is 48.5 Å². The number of rotatable bonds is 6. The molecule has 1 aromatic heterocycles. The lowest BCUT2D eigenvalue weighted by atomic mass is 10.1. The molecule has 146 valence electrons. The standard InChI is InChI=1S/C22H22Cl2N2OS/c23-18-10-3-1-8-16(18)20-21(17-9-2-4-11-19(17)24)26-22(25-20)28-14-12-15-7-5-6-13-27-15/h1-4,8-11,15H,5-7,12-14H2,(H,25,26). The van der Waals surface area contributed by atoms with Crippen molar-refractivity contribution < 1.29 is 4.74 Å². The van der Waals surface area contributed by atoms with Crippen molar-refractivity contribution in [1.29, 1.82) is 0 Å². The number of aromatic nitrogens is 2. The van der Waals surface area contributed by atoms with Crippen molar-refractivity contribution in [2.24, 2.45) is 0 Å².